The maximum atomic E-state index is 9.27. The number of nitrogens with zero attached hydrogens (tertiary/aromatic N) is 3. The Bertz CT molecular complexity index is 873. The van der Waals surface area contributed by atoms with E-state index in [0.29, 0.717) is 12.6 Å². The fourth-order valence-electron chi connectivity index (χ4n) is 3.66. The Balaban J connectivity index is 1.80. The minimum absolute atomic E-state index is 0.0743. The van der Waals surface area contributed by atoms with Crippen molar-refractivity contribution >= 4 is 0 Å². The molecule has 0 spiro atoms. The number of hydrogen-bond acceptors (Lipinski definition) is 4. The lowest BCUT2D eigenvalue weighted by atomic mass is 9.98. The summed E-state index contributed by atoms with van der Waals surface area (Å²) in [6.07, 6.45) is 7.84. The van der Waals surface area contributed by atoms with Crippen molar-refractivity contribution in [1.82, 2.24) is 20.1 Å². The Morgan fingerprint density at radius 1 is 1.20 bits per heavy atom. The van der Waals surface area contributed by atoms with Crippen LogP contribution >= 0.6 is 0 Å². The average Bonchev–Trinajstić information content (AvgIpc) is 3.26. The molecular formula is C20H22N4O. The van der Waals surface area contributed by atoms with Gasteiger partial charge in [-0.25, -0.2) is 0 Å². The Morgan fingerprint density at radius 3 is 2.80 bits per heavy atom. The predicted molar refractivity (Wildman–Crippen MR) is 98.1 cm³/mol. The standard InChI is InChI=1S/C20H22N4O/c1-21-19-5-3-15-12-16(2-4-17(15)19)18-13-24(10-11-25)23-20(18)14-6-8-22-9-7-14/h2,4,6-9,12-13,19,21,25H,3,5,10-11H2,1H3. The molecule has 2 N–H and O–H groups in total. The van der Waals surface area contributed by atoms with Crippen molar-refractivity contribution in [1.29, 1.82) is 0 Å². The highest BCUT2D eigenvalue weighted by molar-refractivity contribution is 5.80. The molecule has 1 aliphatic carbocycles. The molecule has 1 unspecified atom stereocenters. The first-order valence-electron chi connectivity index (χ1n) is 8.69. The second-order valence-electron chi connectivity index (χ2n) is 6.41. The van der Waals surface area contributed by atoms with E-state index >= 15 is 0 Å². The summed E-state index contributed by atoms with van der Waals surface area (Å²) in [4.78, 5) is 4.10. The minimum Gasteiger partial charge on any atom is -0.394 e. The molecular weight excluding hydrogens is 312 g/mol. The number of aliphatic hydroxyl groups is 1. The maximum Gasteiger partial charge on any atom is 0.100 e. The largest absolute Gasteiger partial charge is 0.394 e. The van der Waals surface area contributed by atoms with Gasteiger partial charge in [0.15, 0.2) is 0 Å². The van der Waals surface area contributed by atoms with Crippen LogP contribution in [0.4, 0.5) is 0 Å². The molecule has 2 heterocycles. The number of hydrogen-bond donors (Lipinski definition) is 2. The quantitative estimate of drug-likeness (QED) is 0.753. The summed E-state index contributed by atoms with van der Waals surface area (Å²) in [5.41, 5.74) is 7.04. The van der Waals surface area contributed by atoms with Crippen LogP contribution < -0.4 is 5.32 Å². The van der Waals surface area contributed by atoms with Crippen LogP contribution in [0.1, 0.15) is 23.6 Å². The van der Waals surface area contributed by atoms with Crippen LogP contribution in [0, 0.1) is 0 Å². The molecule has 0 bridgehead atoms. The Labute approximate surface area is 147 Å². The summed E-state index contributed by atoms with van der Waals surface area (Å²) in [6.45, 7) is 0.565. The van der Waals surface area contributed by atoms with E-state index in [1.54, 1.807) is 12.4 Å². The molecule has 0 saturated carbocycles. The molecule has 5 heteroatoms. The van der Waals surface area contributed by atoms with Crippen LogP contribution in [0.2, 0.25) is 0 Å². The van der Waals surface area contributed by atoms with Crippen LogP contribution in [0.15, 0.2) is 48.9 Å². The number of aromatic nitrogens is 3. The van der Waals surface area contributed by atoms with Gasteiger partial charge in [0, 0.05) is 35.8 Å². The summed E-state index contributed by atoms with van der Waals surface area (Å²) in [6, 6.07) is 11.1. The lowest BCUT2D eigenvalue weighted by molar-refractivity contribution is 0.269. The summed E-state index contributed by atoms with van der Waals surface area (Å²) in [7, 11) is 2.02. The zero-order chi connectivity index (χ0) is 17.2. The third kappa shape index (κ3) is 2.97. The molecule has 3 aromatic rings. The van der Waals surface area contributed by atoms with Crippen LogP contribution in [0.3, 0.4) is 0 Å². The van der Waals surface area contributed by atoms with Crippen molar-refractivity contribution < 1.29 is 5.11 Å². The van der Waals surface area contributed by atoms with E-state index < -0.39 is 0 Å². The molecule has 2 aromatic heterocycles. The molecule has 4 rings (SSSR count). The molecule has 0 amide bonds. The smallest absolute Gasteiger partial charge is 0.100 e. The molecule has 1 aliphatic rings. The fraction of sp³-hybridized carbons (Fsp3) is 0.300. The SMILES string of the molecule is CNC1CCc2cc(-c3cn(CCO)nc3-c3ccncc3)ccc21. The van der Waals surface area contributed by atoms with Crippen molar-refractivity contribution in [2.75, 3.05) is 13.7 Å². The number of pyridine rings is 1. The highest BCUT2D eigenvalue weighted by Crippen LogP contribution is 2.36. The van der Waals surface area contributed by atoms with Gasteiger partial charge >= 0.3 is 0 Å². The molecule has 25 heavy (non-hydrogen) atoms. The van der Waals surface area contributed by atoms with Crippen LogP contribution in [-0.4, -0.2) is 33.5 Å². The molecule has 5 nitrogen and oxygen atoms in total. The van der Waals surface area contributed by atoms with E-state index in [-0.39, 0.29) is 6.61 Å². The zero-order valence-electron chi connectivity index (χ0n) is 14.3. The van der Waals surface area contributed by atoms with Gasteiger partial charge in [-0.1, -0.05) is 18.2 Å². The van der Waals surface area contributed by atoms with Crippen molar-refractivity contribution in [2.45, 2.75) is 25.4 Å². The van der Waals surface area contributed by atoms with Crippen LogP contribution in [0.5, 0.6) is 0 Å². The van der Waals surface area contributed by atoms with Crippen molar-refractivity contribution in [3.05, 3.63) is 60.0 Å². The van der Waals surface area contributed by atoms with Crippen molar-refractivity contribution in [3.8, 4) is 22.4 Å². The summed E-state index contributed by atoms with van der Waals surface area (Å²) in [5, 5.41) is 17.3. The van der Waals surface area contributed by atoms with Crippen LogP contribution in [-0.2, 0) is 13.0 Å². The van der Waals surface area contributed by atoms with Gasteiger partial charge in [0.2, 0.25) is 0 Å². The van der Waals surface area contributed by atoms with Gasteiger partial charge in [-0.2, -0.15) is 5.10 Å². The first kappa shape index (κ1) is 16.0. The summed E-state index contributed by atoms with van der Waals surface area (Å²) in [5.74, 6) is 0. The van der Waals surface area contributed by atoms with Gasteiger partial charge in [-0.3, -0.25) is 9.67 Å². The summed E-state index contributed by atoms with van der Waals surface area (Å²) < 4.78 is 1.81. The number of rotatable bonds is 5. The highest BCUT2D eigenvalue weighted by atomic mass is 16.3. The second-order valence-corrected chi connectivity index (χ2v) is 6.41. The Kier molecular flexibility index (Phi) is 4.34. The topological polar surface area (TPSA) is 63.0 Å². The Hall–Kier alpha value is -2.50. The van der Waals surface area contributed by atoms with E-state index in [0.717, 1.165) is 29.7 Å². The van der Waals surface area contributed by atoms with Gasteiger partial charge in [0.05, 0.1) is 13.2 Å². The highest BCUT2D eigenvalue weighted by Gasteiger charge is 2.22. The molecule has 0 aliphatic heterocycles. The van der Waals surface area contributed by atoms with Crippen molar-refractivity contribution in [2.24, 2.45) is 0 Å². The molecule has 0 fully saturated rings. The maximum absolute atomic E-state index is 9.27. The van der Waals surface area contributed by atoms with Gasteiger partial charge in [-0.15, -0.1) is 0 Å². The van der Waals surface area contributed by atoms with Gasteiger partial charge < -0.3 is 10.4 Å². The molecule has 1 aromatic carbocycles. The van der Waals surface area contributed by atoms with Gasteiger partial charge in [-0.05, 0) is 48.7 Å². The third-order valence-corrected chi connectivity index (χ3v) is 4.92. The van der Waals surface area contributed by atoms with E-state index in [9.17, 15) is 5.11 Å². The van der Waals surface area contributed by atoms with Crippen LogP contribution in [0.25, 0.3) is 22.4 Å². The Morgan fingerprint density at radius 2 is 2.04 bits per heavy atom. The normalized spacial score (nSPS) is 16.2. The zero-order valence-corrected chi connectivity index (χ0v) is 14.3. The fourth-order valence-corrected chi connectivity index (χ4v) is 3.66. The number of aryl methyl sites for hydroxylation is 1. The first-order chi connectivity index (χ1) is 12.3. The van der Waals surface area contributed by atoms with Gasteiger partial charge in [0.1, 0.15) is 5.69 Å². The number of aliphatic hydroxyl groups excluding tert-OH is 1. The molecule has 0 saturated heterocycles. The van der Waals surface area contributed by atoms with E-state index in [4.69, 9.17) is 0 Å². The lowest BCUT2D eigenvalue weighted by Crippen LogP contribution is -2.12. The minimum atomic E-state index is 0.0743. The van der Waals surface area contributed by atoms with Gasteiger partial charge in [0.25, 0.3) is 0 Å². The second kappa shape index (κ2) is 6.78. The van der Waals surface area contributed by atoms with E-state index in [1.807, 2.05) is 30.1 Å². The molecule has 128 valence electrons. The molecule has 1 atom stereocenters. The monoisotopic (exact) mass is 334 g/mol. The van der Waals surface area contributed by atoms with E-state index in [2.05, 4.69) is 33.6 Å². The third-order valence-electron chi connectivity index (χ3n) is 4.92. The number of benzene rings is 1. The summed E-state index contributed by atoms with van der Waals surface area (Å²) >= 11 is 0. The first-order valence-corrected chi connectivity index (χ1v) is 8.69. The average molecular weight is 334 g/mol. The number of nitrogens with one attached hydrogen (secondary N) is 1. The predicted octanol–water partition coefficient (Wildman–Crippen LogP) is 2.81. The lowest BCUT2D eigenvalue weighted by Gasteiger charge is -2.11. The molecule has 0 radical (unpaired) electrons. The van der Waals surface area contributed by atoms with E-state index in [1.165, 1.54) is 16.7 Å². The number of fused-ring (bicyclic) bond motifs is 1. The van der Waals surface area contributed by atoms with Crippen molar-refractivity contribution in [3.63, 3.8) is 0 Å².